The molecule has 0 radical (unpaired) electrons. The molecule has 2 rings (SSSR count). The van der Waals surface area contributed by atoms with Gasteiger partial charge in [0.15, 0.2) is 6.61 Å². The van der Waals surface area contributed by atoms with Gasteiger partial charge in [0.25, 0.3) is 5.91 Å². The lowest BCUT2D eigenvalue weighted by Crippen LogP contribution is -2.38. The molecule has 1 amide bonds. The fraction of sp³-hybridized carbons (Fsp3) is 0.429. The summed E-state index contributed by atoms with van der Waals surface area (Å²) in [7, 11) is 1.41. The summed E-state index contributed by atoms with van der Waals surface area (Å²) in [6.45, 7) is 0.290. The highest BCUT2D eigenvalue weighted by Gasteiger charge is 2.22. The number of esters is 1. The highest BCUT2D eigenvalue weighted by atomic mass is 16.6. The molecule has 0 bridgehead atoms. The Morgan fingerprint density at radius 1 is 1.26 bits per heavy atom. The second-order valence-corrected chi connectivity index (χ2v) is 4.37. The van der Waals surface area contributed by atoms with Crippen LogP contribution in [0.15, 0.2) is 24.3 Å². The van der Waals surface area contributed by atoms with Crippen LogP contribution < -0.4 is 4.90 Å². The van der Waals surface area contributed by atoms with Gasteiger partial charge in [0.05, 0.1) is 0 Å². The van der Waals surface area contributed by atoms with Crippen molar-refractivity contribution in [1.82, 2.24) is 0 Å². The van der Waals surface area contributed by atoms with E-state index in [0.29, 0.717) is 6.54 Å². The van der Waals surface area contributed by atoms with Crippen LogP contribution in [0.25, 0.3) is 0 Å². The van der Waals surface area contributed by atoms with Crippen LogP contribution in [0, 0.1) is 0 Å². The lowest BCUT2D eigenvalue weighted by Gasteiger charge is -2.29. The van der Waals surface area contributed by atoms with Gasteiger partial charge < -0.3 is 14.4 Å². The number of anilines is 1. The molecule has 1 aromatic rings. The second kappa shape index (κ2) is 6.33. The molecule has 0 saturated heterocycles. The van der Waals surface area contributed by atoms with Crippen molar-refractivity contribution in [3.63, 3.8) is 0 Å². The van der Waals surface area contributed by atoms with E-state index in [1.54, 1.807) is 4.90 Å². The molecule has 1 aliphatic rings. The Hall–Kier alpha value is -1.88. The van der Waals surface area contributed by atoms with Gasteiger partial charge in [0.1, 0.15) is 6.61 Å². The molecule has 0 N–H and O–H groups in total. The van der Waals surface area contributed by atoms with E-state index in [1.807, 2.05) is 24.3 Å². The molecule has 1 aromatic carbocycles. The summed E-state index contributed by atoms with van der Waals surface area (Å²) in [6.07, 6.45) is 1.90. The highest BCUT2D eigenvalue weighted by molar-refractivity contribution is 5.96. The summed E-state index contributed by atoms with van der Waals surface area (Å²) in [5.41, 5.74) is 2.08. The van der Waals surface area contributed by atoms with Gasteiger partial charge in [-0.15, -0.1) is 0 Å². The third-order valence-electron chi connectivity index (χ3n) is 3.03. The number of hydrogen-bond donors (Lipinski definition) is 0. The van der Waals surface area contributed by atoms with Crippen molar-refractivity contribution in [2.24, 2.45) is 0 Å². The van der Waals surface area contributed by atoms with Gasteiger partial charge in [0, 0.05) is 19.3 Å². The van der Waals surface area contributed by atoms with Crippen LogP contribution >= 0.6 is 0 Å². The van der Waals surface area contributed by atoms with Crippen molar-refractivity contribution in [1.29, 1.82) is 0 Å². The van der Waals surface area contributed by atoms with Crippen molar-refractivity contribution < 1.29 is 19.1 Å². The van der Waals surface area contributed by atoms with Gasteiger partial charge in [-0.3, -0.25) is 4.79 Å². The van der Waals surface area contributed by atoms with E-state index in [-0.39, 0.29) is 19.1 Å². The van der Waals surface area contributed by atoms with E-state index in [2.05, 4.69) is 4.74 Å². The zero-order valence-corrected chi connectivity index (χ0v) is 10.9. The van der Waals surface area contributed by atoms with Crippen molar-refractivity contribution in [2.45, 2.75) is 12.8 Å². The fourth-order valence-corrected chi connectivity index (χ4v) is 2.17. The first-order valence-electron chi connectivity index (χ1n) is 6.25. The first kappa shape index (κ1) is 13.5. The number of para-hydroxylation sites is 1. The average molecular weight is 263 g/mol. The maximum absolute atomic E-state index is 12.1. The molecule has 0 unspecified atom stereocenters. The number of carbonyl (C=O) groups is 2. The van der Waals surface area contributed by atoms with Gasteiger partial charge in [-0.05, 0) is 24.5 Å². The Morgan fingerprint density at radius 3 is 2.84 bits per heavy atom. The maximum Gasteiger partial charge on any atom is 0.332 e. The van der Waals surface area contributed by atoms with E-state index >= 15 is 0 Å². The molecule has 102 valence electrons. The first-order valence-corrected chi connectivity index (χ1v) is 6.25. The molecule has 5 nitrogen and oxygen atoms in total. The number of aryl methyl sites for hydroxylation is 1. The molecule has 0 fully saturated rings. The van der Waals surface area contributed by atoms with Crippen LogP contribution in [-0.4, -0.2) is 38.7 Å². The fourth-order valence-electron chi connectivity index (χ4n) is 2.17. The topological polar surface area (TPSA) is 55.8 Å². The zero-order chi connectivity index (χ0) is 13.7. The summed E-state index contributed by atoms with van der Waals surface area (Å²) in [5, 5.41) is 0. The summed E-state index contributed by atoms with van der Waals surface area (Å²) in [5.74, 6) is -0.724. The number of methoxy groups -OCH3 is 1. The van der Waals surface area contributed by atoms with Crippen molar-refractivity contribution >= 4 is 17.6 Å². The first-order chi connectivity index (χ1) is 9.22. The molecular weight excluding hydrogens is 246 g/mol. The van der Waals surface area contributed by atoms with E-state index in [9.17, 15) is 9.59 Å². The molecule has 0 spiro atoms. The Morgan fingerprint density at radius 2 is 2.05 bits per heavy atom. The monoisotopic (exact) mass is 263 g/mol. The van der Waals surface area contributed by atoms with Gasteiger partial charge in [-0.25, -0.2) is 4.79 Å². The van der Waals surface area contributed by atoms with E-state index in [0.717, 1.165) is 24.1 Å². The van der Waals surface area contributed by atoms with Gasteiger partial charge in [-0.1, -0.05) is 18.2 Å². The maximum atomic E-state index is 12.1. The third-order valence-corrected chi connectivity index (χ3v) is 3.03. The molecule has 0 aliphatic carbocycles. The SMILES string of the molecule is COCC(=O)OCC(=O)N1CCCc2ccccc21. The van der Waals surface area contributed by atoms with Crippen LogP contribution in [0.3, 0.4) is 0 Å². The molecule has 5 heteroatoms. The van der Waals surface area contributed by atoms with Gasteiger partial charge in [0.2, 0.25) is 0 Å². The quantitative estimate of drug-likeness (QED) is 0.765. The summed E-state index contributed by atoms with van der Waals surface area (Å²) in [4.78, 5) is 24.9. The summed E-state index contributed by atoms with van der Waals surface area (Å²) >= 11 is 0. The minimum absolute atomic E-state index is 0.135. The molecule has 1 aliphatic heterocycles. The Kier molecular flexibility index (Phi) is 4.52. The summed E-state index contributed by atoms with van der Waals surface area (Å²) in [6, 6.07) is 7.81. The summed E-state index contributed by atoms with van der Waals surface area (Å²) < 4.78 is 9.50. The van der Waals surface area contributed by atoms with Crippen LogP contribution in [0.2, 0.25) is 0 Å². The molecule has 0 saturated carbocycles. The predicted molar refractivity (Wildman–Crippen MR) is 70.0 cm³/mol. The second-order valence-electron chi connectivity index (χ2n) is 4.37. The Balaban J connectivity index is 1.99. The molecule has 19 heavy (non-hydrogen) atoms. The largest absolute Gasteiger partial charge is 0.454 e. The van der Waals surface area contributed by atoms with Crippen molar-refractivity contribution in [3.8, 4) is 0 Å². The smallest absolute Gasteiger partial charge is 0.332 e. The third kappa shape index (κ3) is 3.32. The van der Waals surface area contributed by atoms with Crippen molar-refractivity contribution in [3.05, 3.63) is 29.8 Å². The molecule has 0 atom stereocenters. The highest BCUT2D eigenvalue weighted by Crippen LogP contribution is 2.26. The van der Waals surface area contributed by atoms with Crippen LogP contribution in [0.1, 0.15) is 12.0 Å². The van der Waals surface area contributed by atoms with Gasteiger partial charge >= 0.3 is 5.97 Å². The predicted octanol–water partition coefficient (Wildman–Crippen LogP) is 1.16. The average Bonchev–Trinajstić information content (AvgIpc) is 2.44. The minimum atomic E-state index is -0.527. The Labute approximate surface area is 112 Å². The van der Waals surface area contributed by atoms with E-state index in [4.69, 9.17) is 4.74 Å². The normalized spacial score (nSPS) is 13.8. The molecule has 1 heterocycles. The number of nitrogens with zero attached hydrogens (tertiary/aromatic N) is 1. The van der Waals surface area contributed by atoms with E-state index < -0.39 is 5.97 Å². The van der Waals surface area contributed by atoms with E-state index in [1.165, 1.54) is 7.11 Å². The lowest BCUT2D eigenvalue weighted by molar-refractivity contribution is -0.151. The number of ether oxygens (including phenoxy) is 2. The van der Waals surface area contributed by atoms with Crippen LogP contribution in [0.5, 0.6) is 0 Å². The standard InChI is InChI=1S/C14H17NO4/c1-18-10-14(17)19-9-13(16)15-8-4-6-11-5-2-3-7-12(11)15/h2-3,5,7H,4,6,8-10H2,1H3. The number of fused-ring (bicyclic) bond motifs is 1. The Bertz CT molecular complexity index is 472. The zero-order valence-electron chi connectivity index (χ0n) is 10.9. The number of benzene rings is 1. The van der Waals surface area contributed by atoms with Crippen LogP contribution in [-0.2, 0) is 25.5 Å². The number of rotatable bonds is 4. The number of hydrogen-bond acceptors (Lipinski definition) is 4. The van der Waals surface area contributed by atoms with Gasteiger partial charge in [-0.2, -0.15) is 0 Å². The molecule has 0 aromatic heterocycles. The van der Waals surface area contributed by atoms with Crippen molar-refractivity contribution in [2.75, 3.05) is 31.8 Å². The molecular formula is C14H17NO4. The minimum Gasteiger partial charge on any atom is -0.454 e. The van der Waals surface area contributed by atoms with Crippen LogP contribution in [0.4, 0.5) is 5.69 Å². The lowest BCUT2D eigenvalue weighted by atomic mass is 10.0. The number of amides is 1. The number of carbonyl (C=O) groups excluding carboxylic acids is 2.